The molecule has 0 radical (unpaired) electrons. The molecular formula is C33H23Cl2F3N4O4S. The number of amides is 1. The van der Waals surface area contributed by atoms with Crippen molar-refractivity contribution < 1.29 is 31.1 Å². The van der Waals surface area contributed by atoms with Crippen LogP contribution in [0.25, 0.3) is 23.4 Å². The molecule has 1 fully saturated rings. The summed E-state index contributed by atoms with van der Waals surface area (Å²) in [6, 6.07) is 23.4. The van der Waals surface area contributed by atoms with E-state index in [9.17, 15) is 26.4 Å². The number of rotatable bonds is 8. The highest BCUT2D eigenvalue weighted by Crippen LogP contribution is 2.33. The van der Waals surface area contributed by atoms with Crippen LogP contribution < -0.4 is 13.8 Å². The largest absolute Gasteiger partial charge is 0.457 e. The minimum Gasteiger partial charge on any atom is -0.457 e. The Bertz CT molecular complexity index is 2080. The molecule has 0 spiro atoms. The van der Waals surface area contributed by atoms with Gasteiger partial charge in [-0.3, -0.25) is 4.79 Å². The van der Waals surface area contributed by atoms with Crippen molar-refractivity contribution in [2.75, 3.05) is 10.8 Å². The van der Waals surface area contributed by atoms with Gasteiger partial charge >= 0.3 is 16.4 Å². The topological polar surface area (TPSA) is 93.5 Å². The Labute approximate surface area is 277 Å². The van der Waals surface area contributed by atoms with Crippen LogP contribution in [0.5, 0.6) is 11.5 Å². The fraction of sp³-hybridized carbons (Fsp3) is 0.0909. The number of hydrogen-bond acceptors (Lipinski definition) is 5. The van der Waals surface area contributed by atoms with E-state index in [2.05, 4.69) is 0 Å². The van der Waals surface area contributed by atoms with Gasteiger partial charge in [0.2, 0.25) is 0 Å². The van der Waals surface area contributed by atoms with Crippen LogP contribution in [0.1, 0.15) is 22.5 Å². The van der Waals surface area contributed by atoms with Crippen LogP contribution >= 0.6 is 23.2 Å². The molecule has 1 saturated heterocycles. The van der Waals surface area contributed by atoms with Gasteiger partial charge in [-0.2, -0.15) is 21.6 Å². The first-order chi connectivity index (χ1) is 22.3. The van der Waals surface area contributed by atoms with E-state index in [1.54, 1.807) is 66.7 Å². The van der Waals surface area contributed by atoms with Gasteiger partial charge < -0.3 is 9.30 Å². The summed E-state index contributed by atoms with van der Waals surface area (Å²) in [4.78, 5) is 16.4. The normalized spacial score (nSPS) is 14.5. The number of carbonyl (C=O) groups is 1. The molecule has 1 amide bonds. The second kappa shape index (κ2) is 12.8. The number of hydrogen-bond donors (Lipinski definition) is 1. The molecule has 5 aromatic rings. The lowest BCUT2D eigenvalue weighted by Crippen LogP contribution is -2.29. The summed E-state index contributed by atoms with van der Waals surface area (Å²) in [5, 5.41) is 0.918. The van der Waals surface area contributed by atoms with E-state index in [0.29, 0.717) is 45.1 Å². The zero-order valence-corrected chi connectivity index (χ0v) is 26.4. The molecule has 47 heavy (non-hydrogen) atoms. The van der Waals surface area contributed by atoms with Crippen molar-refractivity contribution in [2.45, 2.75) is 12.7 Å². The molecule has 1 aliphatic heterocycles. The van der Waals surface area contributed by atoms with E-state index in [1.165, 1.54) is 12.1 Å². The van der Waals surface area contributed by atoms with Gasteiger partial charge in [0.1, 0.15) is 23.9 Å². The van der Waals surface area contributed by atoms with Crippen molar-refractivity contribution in [3.05, 3.63) is 130 Å². The van der Waals surface area contributed by atoms with Crippen molar-refractivity contribution in [3.63, 3.8) is 0 Å². The molecule has 0 atom stereocenters. The average Bonchev–Trinajstić information content (AvgIpc) is 3.54. The molecule has 240 valence electrons. The molecular weight excluding hydrogens is 676 g/mol. The molecule has 6 rings (SSSR count). The zero-order valence-electron chi connectivity index (χ0n) is 24.1. The predicted octanol–water partition coefficient (Wildman–Crippen LogP) is 8.07. The smallest absolute Gasteiger partial charge is 0.416 e. The van der Waals surface area contributed by atoms with Crippen LogP contribution in [0.2, 0.25) is 10.0 Å². The summed E-state index contributed by atoms with van der Waals surface area (Å²) in [7, 11) is -3.92. The fourth-order valence-corrected chi connectivity index (χ4v) is 6.48. The van der Waals surface area contributed by atoms with Gasteiger partial charge in [0.15, 0.2) is 0 Å². The molecule has 0 aliphatic carbocycles. The van der Waals surface area contributed by atoms with Gasteiger partial charge in [-0.25, -0.2) is 14.0 Å². The summed E-state index contributed by atoms with van der Waals surface area (Å²) in [6.07, 6.45) is 1.09. The van der Waals surface area contributed by atoms with Gasteiger partial charge in [-0.15, -0.1) is 0 Å². The highest BCUT2D eigenvalue weighted by molar-refractivity contribution is 7.92. The lowest BCUT2D eigenvalue weighted by atomic mass is 10.1. The maximum Gasteiger partial charge on any atom is 0.416 e. The Balaban J connectivity index is 1.23. The van der Waals surface area contributed by atoms with E-state index in [1.807, 2.05) is 27.6 Å². The van der Waals surface area contributed by atoms with Gasteiger partial charge in [-0.1, -0.05) is 53.5 Å². The molecule has 0 unspecified atom stereocenters. The van der Waals surface area contributed by atoms with Gasteiger partial charge in [-0.05, 0) is 83.9 Å². The highest BCUT2D eigenvalue weighted by Gasteiger charge is 2.34. The minimum atomic E-state index is -4.42. The number of nitrogens with zero attached hydrogens (tertiary/aromatic N) is 3. The van der Waals surface area contributed by atoms with E-state index in [0.717, 1.165) is 27.6 Å². The van der Waals surface area contributed by atoms with E-state index < -0.39 is 27.9 Å². The highest BCUT2D eigenvalue weighted by atomic mass is 35.5. The summed E-state index contributed by atoms with van der Waals surface area (Å²) in [6.45, 7) is 0.0908. The maximum atomic E-state index is 12.8. The first-order valence-corrected chi connectivity index (χ1v) is 16.1. The van der Waals surface area contributed by atoms with Crippen LogP contribution in [0.4, 0.5) is 18.9 Å². The SMILES string of the molecule is O=C1CN(c2ccc(Cn3cc(-c4ccc(Cl)cc4Cl)nc3C=Cc3ccc(Oc4ccc(C(F)(F)F)cc4)cc3)cc2)S(=O)(=O)N1. The summed E-state index contributed by atoms with van der Waals surface area (Å²) in [5.74, 6) is 0.723. The van der Waals surface area contributed by atoms with E-state index in [4.69, 9.17) is 32.9 Å². The second-order valence-electron chi connectivity index (χ2n) is 10.5. The van der Waals surface area contributed by atoms with Crippen molar-refractivity contribution in [1.82, 2.24) is 14.3 Å². The molecule has 4 aromatic carbocycles. The van der Waals surface area contributed by atoms with Crippen LogP contribution in [0.3, 0.4) is 0 Å². The number of alkyl halides is 3. The quantitative estimate of drug-likeness (QED) is 0.177. The van der Waals surface area contributed by atoms with Crippen LogP contribution in [-0.2, 0) is 27.7 Å². The Morgan fingerprint density at radius 2 is 1.55 bits per heavy atom. The number of carbonyl (C=O) groups excluding carboxylic acids is 1. The lowest BCUT2D eigenvalue weighted by Gasteiger charge is -2.15. The fourth-order valence-electron chi connectivity index (χ4n) is 4.82. The number of nitrogens with one attached hydrogen (secondary N) is 1. The number of imidazole rings is 1. The molecule has 1 aromatic heterocycles. The standard InChI is InChI=1S/C33H23Cl2F3N4O4S/c34-24-8-15-28(29(35)17-24)30-19-41(18-22-1-9-25(10-2-22)42-20-32(43)40-47(42,44)45)31(39-30)16-5-21-3-11-26(12-4-21)46-27-13-6-23(7-14-27)33(36,37)38/h1-17,19H,18,20H2,(H,40,43). The second-order valence-corrected chi connectivity index (χ2v) is 12.9. The lowest BCUT2D eigenvalue weighted by molar-refractivity contribution is -0.137. The summed E-state index contributed by atoms with van der Waals surface area (Å²) >= 11 is 12.6. The van der Waals surface area contributed by atoms with Gasteiger partial charge in [0.05, 0.1) is 22.0 Å². The summed E-state index contributed by atoms with van der Waals surface area (Å²) < 4.78 is 73.5. The van der Waals surface area contributed by atoms with Crippen LogP contribution in [0.15, 0.2) is 97.2 Å². The zero-order chi connectivity index (χ0) is 33.3. The monoisotopic (exact) mass is 698 g/mol. The number of ether oxygens (including phenoxy) is 1. The number of aromatic nitrogens is 2. The van der Waals surface area contributed by atoms with Crippen LogP contribution in [-0.4, -0.2) is 30.4 Å². The first kappa shape index (κ1) is 32.2. The van der Waals surface area contributed by atoms with E-state index >= 15 is 0 Å². The average molecular weight is 700 g/mol. The van der Waals surface area contributed by atoms with Gasteiger partial charge in [0.25, 0.3) is 5.91 Å². The minimum absolute atomic E-state index is 0.275. The molecule has 1 N–H and O–H groups in total. The molecule has 0 bridgehead atoms. The Hall–Kier alpha value is -4.78. The number of halogens is 5. The first-order valence-electron chi connectivity index (χ1n) is 13.9. The molecule has 0 saturated carbocycles. The Kier molecular flexibility index (Phi) is 8.75. The Morgan fingerprint density at radius 3 is 2.15 bits per heavy atom. The third-order valence-corrected chi connectivity index (χ3v) is 9.09. The third-order valence-electron chi connectivity index (χ3n) is 7.13. The molecule has 8 nitrogen and oxygen atoms in total. The van der Waals surface area contributed by atoms with Gasteiger partial charge in [0, 0.05) is 23.3 Å². The van der Waals surface area contributed by atoms with Crippen LogP contribution in [0, 0.1) is 0 Å². The maximum absolute atomic E-state index is 12.8. The summed E-state index contributed by atoms with van der Waals surface area (Å²) in [5.41, 5.74) is 2.55. The number of anilines is 1. The van der Waals surface area contributed by atoms with Crippen molar-refractivity contribution in [3.8, 4) is 22.8 Å². The number of benzene rings is 4. The van der Waals surface area contributed by atoms with E-state index in [-0.39, 0.29) is 12.3 Å². The molecule has 2 heterocycles. The third kappa shape index (κ3) is 7.46. The predicted molar refractivity (Wildman–Crippen MR) is 175 cm³/mol. The molecule has 14 heteroatoms. The van der Waals surface area contributed by atoms with Crippen molar-refractivity contribution in [1.29, 1.82) is 0 Å². The Morgan fingerprint density at radius 1 is 0.894 bits per heavy atom. The van der Waals surface area contributed by atoms with Crippen molar-refractivity contribution >= 4 is 57.2 Å². The molecule has 1 aliphatic rings. The van der Waals surface area contributed by atoms with Crippen molar-refractivity contribution in [2.24, 2.45) is 0 Å².